The number of piperidine rings is 1. The Balaban J connectivity index is 1.76. The number of nitrogens with zero attached hydrogens (tertiary/aromatic N) is 4. The number of nitrogens with one attached hydrogen (secondary N) is 1. The van der Waals surface area contributed by atoms with E-state index in [2.05, 4.69) is 20.5 Å². The molecule has 1 fully saturated rings. The Kier molecular flexibility index (Phi) is 3.91. The number of fused-ring (bicyclic) bond motifs is 1. The van der Waals surface area contributed by atoms with Crippen molar-refractivity contribution in [3.63, 3.8) is 0 Å². The summed E-state index contributed by atoms with van der Waals surface area (Å²) in [6, 6.07) is 7.88. The maximum Gasteiger partial charge on any atom is 0.417 e. The van der Waals surface area contributed by atoms with Crippen molar-refractivity contribution in [1.29, 1.82) is 0 Å². The zero-order chi connectivity index (χ0) is 17.4. The van der Waals surface area contributed by atoms with E-state index in [0.717, 1.165) is 43.9 Å². The highest BCUT2D eigenvalue weighted by molar-refractivity contribution is 5.56. The summed E-state index contributed by atoms with van der Waals surface area (Å²) in [5.74, 6) is 0.616. The van der Waals surface area contributed by atoms with Crippen molar-refractivity contribution in [2.75, 3.05) is 13.1 Å². The van der Waals surface area contributed by atoms with Crippen LogP contribution in [0.1, 0.15) is 30.0 Å². The van der Waals surface area contributed by atoms with Crippen molar-refractivity contribution in [2.45, 2.75) is 24.9 Å². The van der Waals surface area contributed by atoms with Crippen LogP contribution < -0.4 is 5.32 Å². The highest BCUT2D eigenvalue weighted by atomic mass is 19.4. The van der Waals surface area contributed by atoms with Crippen LogP contribution in [0.3, 0.4) is 0 Å². The van der Waals surface area contributed by atoms with E-state index in [1.807, 2.05) is 12.1 Å². The van der Waals surface area contributed by atoms with Gasteiger partial charge in [-0.25, -0.2) is 4.98 Å². The molecule has 1 atom stereocenters. The molecule has 8 heteroatoms. The van der Waals surface area contributed by atoms with Gasteiger partial charge in [0.05, 0.1) is 5.56 Å². The van der Waals surface area contributed by atoms with E-state index in [9.17, 15) is 13.2 Å². The van der Waals surface area contributed by atoms with Gasteiger partial charge >= 0.3 is 6.18 Å². The Labute approximate surface area is 141 Å². The van der Waals surface area contributed by atoms with Crippen LogP contribution in [-0.2, 0) is 6.18 Å². The Morgan fingerprint density at radius 2 is 2.00 bits per heavy atom. The van der Waals surface area contributed by atoms with Crippen molar-refractivity contribution < 1.29 is 13.2 Å². The Hall–Kier alpha value is -2.48. The number of halogens is 3. The molecule has 1 saturated heterocycles. The summed E-state index contributed by atoms with van der Waals surface area (Å²) in [6.07, 6.45) is -1.28. The average Bonchev–Trinajstić information content (AvgIpc) is 3.05. The Bertz CT molecular complexity index is 897. The first kappa shape index (κ1) is 16.0. The Morgan fingerprint density at radius 1 is 1.12 bits per heavy atom. The highest BCUT2D eigenvalue weighted by Crippen LogP contribution is 2.30. The number of rotatable bonds is 2. The van der Waals surface area contributed by atoms with E-state index in [1.54, 1.807) is 6.07 Å². The minimum atomic E-state index is -4.42. The fourth-order valence-corrected chi connectivity index (χ4v) is 3.14. The van der Waals surface area contributed by atoms with Crippen LogP contribution in [0, 0.1) is 0 Å². The van der Waals surface area contributed by atoms with Crippen LogP contribution in [0.25, 0.3) is 17.2 Å². The van der Waals surface area contributed by atoms with Crippen LogP contribution >= 0.6 is 0 Å². The molecule has 0 saturated carbocycles. The van der Waals surface area contributed by atoms with Gasteiger partial charge in [0.15, 0.2) is 11.5 Å². The lowest BCUT2D eigenvalue weighted by Crippen LogP contribution is -2.28. The van der Waals surface area contributed by atoms with Crippen molar-refractivity contribution in [3.05, 3.63) is 47.8 Å². The summed E-state index contributed by atoms with van der Waals surface area (Å²) >= 11 is 0. The first-order chi connectivity index (χ1) is 12.0. The van der Waals surface area contributed by atoms with Gasteiger partial charge in [-0.05, 0) is 43.7 Å². The van der Waals surface area contributed by atoms with Crippen molar-refractivity contribution in [3.8, 4) is 11.5 Å². The molecule has 1 aliphatic rings. The summed E-state index contributed by atoms with van der Waals surface area (Å²) in [5.41, 5.74) is 1.06. The van der Waals surface area contributed by atoms with Crippen LogP contribution in [0.15, 0.2) is 36.5 Å². The van der Waals surface area contributed by atoms with Crippen LogP contribution in [-0.4, -0.2) is 32.7 Å². The molecule has 0 aromatic carbocycles. The zero-order valence-electron chi connectivity index (χ0n) is 13.3. The standard InChI is InChI=1S/C17H16F3N5/c18-17(19,20)12-6-7-15-23-24-16(25(15)10-12)14-5-1-4-13(22-14)11-3-2-8-21-9-11/h1,4-7,10-11,21H,2-3,8-9H2. The predicted molar refractivity (Wildman–Crippen MR) is 86.1 cm³/mol. The van der Waals surface area contributed by atoms with Crippen molar-refractivity contribution in [1.82, 2.24) is 24.9 Å². The molecule has 5 nitrogen and oxygen atoms in total. The number of hydrogen-bond acceptors (Lipinski definition) is 4. The average molecular weight is 347 g/mol. The molecule has 0 amide bonds. The Morgan fingerprint density at radius 3 is 2.76 bits per heavy atom. The summed E-state index contributed by atoms with van der Waals surface area (Å²) in [4.78, 5) is 4.64. The van der Waals surface area contributed by atoms with E-state index in [4.69, 9.17) is 0 Å². The summed E-state index contributed by atoms with van der Waals surface area (Å²) in [7, 11) is 0. The largest absolute Gasteiger partial charge is 0.417 e. The van der Waals surface area contributed by atoms with Crippen molar-refractivity contribution >= 4 is 5.65 Å². The van der Waals surface area contributed by atoms with Gasteiger partial charge in [0.2, 0.25) is 0 Å². The molecule has 130 valence electrons. The lowest BCUT2D eigenvalue weighted by Gasteiger charge is -2.22. The molecule has 3 aromatic heterocycles. The van der Waals surface area contributed by atoms with Crippen molar-refractivity contribution in [2.24, 2.45) is 0 Å². The quantitative estimate of drug-likeness (QED) is 0.773. The molecule has 3 aromatic rings. The van der Waals surface area contributed by atoms with E-state index < -0.39 is 11.7 Å². The van der Waals surface area contributed by atoms with E-state index >= 15 is 0 Å². The first-order valence-corrected chi connectivity index (χ1v) is 8.12. The fraction of sp³-hybridized carbons (Fsp3) is 0.353. The summed E-state index contributed by atoms with van der Waals surface area (Å²) < 4.78 is 40.3. The van der Waals surface area contributed by atoms with Gasteiger partial charge in [-0.1, -0.05) is 6.07 Å². The zero-order valence-corrected chi connectivity index (χ0v) is 13.3. The van der Waals surface area contributed by atoms with E-state index in [0.29, 0.717) is 23.1 Å². The second kappa shape index (κ2) is 6.11. The number of aromatic nitrogens is 4. The van der Waals surface area contributed by atoms with E-state index in [-0.39, 0.29) is 0 Å². The maximum absolute atomic E-state index is 13.0. The maximum atomic E-state index is 13.0. The summed E-state index contributed by atoms with van der Waals surface area (Å²) in [5, 5.41) is 11.3. The molecule has 4 heterocycles. The molecule has 0 radical (unpaired) electrons. The monoisotopic (exact) mass is 347 g/mol. The molecule has 1 N–H and O–H groups in total. The van der Waals surface area contributed by atoms with E-state index in [1.165, 1.54) is 10.5 Å². The van der Waals surface area contributed by atoms with Crippen LogP contribution in [0.2, 0.25) is 0 Å². The van der Waals surface area contributed by atoms with Gasteiger partial charge in [0, 0.05) is 24.4 Å². The smallest absolute Gasteiger partial charge is 0.316 e. The molecule has 0 aliphatic carbocycles. The number of pyridine rings is 2. The third kappa shape index (κ3) is 3.09. The lowest BCUT2D eigenvalue weighted by atomic mass is 9.95. The second-order valence-electron chi connectivity index (χ2n) is 6.16. The fourth-order valence-electron chi connectivity index (χ4n) is 3.14. The molecular weight excluding hydrogens is 331 g/mol. The molecule has 1 aliphatic heterocycles. The number of alkyl halides is 3. The minimum absolute atomic E-state index is 0.304. The van der Waals surface area contributed by atoms with Gasteiger partial charge in [-0.2, -0.15) is 13.2 Å². The topological polar surface area (TPSA) is 55.1 Å². The molecule has 0 spiro atoms. The van der Waals surface area contributed by atoms with Gasteiger partial charge < -0.3 is 5.32 Å². The predicted octanol–water partition coefficient (Wildman–Crippen LogP) is 3.28. The third-order valence-electron chi connectivity index (χ3n) is 4.44. The molecular formula is C17H16F3N5. The van der Waals surface area contributed by atoms with Gasteiger partial charge in [-0.3, -0.25) is 4.40 Å². The second-order valence-corrected chi connectivity index (χ2v) is 6.16. The molecule has 25 heavy (non-hydrogen) atoms. The van der Waals surface area contributed by atoms with Gasteiger partial charge in [-0.15, -0.1) is 10.2 Å². The minimum Gasteiger partial charge on any atom is -0.316 e. The SMILES string of the molecule is FC(F)(F)c1ccc2nnc(-c3cccc(C4CCCNC4)n3)n2c1. The van der Waals surface area contributed by atoms with Crippen LogP contribution in [0.5, 0.6) is 0 Å². The number of hydrogen-bond donors (Lipinski definition) is 1. The van der Waals surface area contributed by atoms with Gasteiger partial charge in [0.25, 0.3) is 0 Å². The summed E-state index contributed by atoms with van der Waals surface area (Å²) in [6.45, 7) is 1.86. The van der Waals surface area contributed by atoms with Crippen LogP contribution in [0.4, 0.5) is 13.2 Å². The highest BCUT2D eigenvalue weighted by Gasteiger charge is 2.31. The first-order valence-electron chi connectivity index (χ1n) is 8.12. The lowest BCUT2D eigenvalue weighted by molar-refractivity contribution is -0.137. The molecule has 0 bridgehead atoms. The molecule has 4 rings (SSSR count). The third-order valence-corrected chi connectivity index (χ3v) is 4.44. The molecule has 1 unspecified atom stereocenters. The van der Waals surface area contributed by atoms with Gasteiger partial charge in [0.1, 0.15) is 5.69 Å². The normalized spacial score (nSPS) is 18.6.